The molecule has 0 aromatic heterocycles. The Morgan fingerprint density at radius 1 is 0.955 bits per heavy atom. The summed E-state index contributed by atoms with van der Waals surface area (Å²) in [7, 11) is 0. The van der Waals surface area contributed by atoms with Crippen LogP contribution < -0.4 is 0 Å². The third-order valence-corrected chi connectivity index (χ3v) is 3.56. The predicted octanol–water partition coefficient (Wildman–Crippen LogP) is 2.49. The average molecular weight is 298 g/mol. The molecule has 2 atom stereocenters. The van der Waals surface area contributed by atoms with Gasteiger partial charge in [0.05, 0.1) is 0 Å². The Balaban J connectivity index is 1.99. The maximum Gasteiger partial charge on any atom is 0.376 e. The minimum absolute atomic E-state index is 0.325. The van der Waals surface area contributed by atoms with Crippen molar-refractivity contribution in [2.24, 2.45) is 5.92 Å². The van der Waals surface area contributed by atoms with E-state index in [9.17, 15) is 18.8 Å². The number of benzene rings is 2. The van der Waals surface area contributed by atoms with Crippen LogP contribution in [0.4, 0.5) is 4.39 Å². The van der Waals surface area contributed by atoms with E-state index in [4.69, 9.17) is 4.74 Å². The van der Waals surface area contributed by atoms with Crippen LogP contribution in [0.5, 0.6) is 0 Å². The van der Waals surface area contributed by atoms with Crippen molar-refractivity contribution in [2.45, 2.75) is 6.10 Å². The highest BCUT2D eigenvalue weighted by atomic mass is 19.1. The number of Topliss-reactive ketones (excluding diaryl/α,β-unsaturated/α-hetero) is 2. The van der Waals surface area contributed by atoms with Crippen LogP contribution in [-0.2, 0) is 14.3 Å². The molecule has 0 bridgehead atoms. The van der Waals surface area contributed by atoms with Crippen molar-refractivity contribution in [3.63, 3.8) is 0 Å². The molecule has 1 aliphatic rings. The average Bonchev–Trinajstić information content (AvgIpc) is 2.84. The van der Waals surface area contributed by atoms with Crippen molar-refractivity contribution >= 4 is 17.5 Å². The number of esters is 1. The minimum atomic E-state index is -1.24. The number of ketones is 2. The fraction of sp³-hybridized carbons (Fsp3) is 0.118. The van der Waals surface area contributed by atoms with Gasteiger partial charge in [0, 0.05) is 5.56 Å². The molecular weight excluding hydrogens is 287 g/mol. The fourth-order valence-electron chi connectivity index (χ4n) is 2.46. The van der Waals surface area contributed by atoms with Crippen LogP contribution in [0.2, 0.25) is 0 Å². The van der Waals surface area contributed by atoms with Crippen molar-refractivity contribution in [2.75, 3.05) is 0 Å². The largest absolute Gasteiger partial charge is 0.450 e. The van der Waals surface area contributed by atoms with E-state index in [1.165, 1.54) is 24.3 Å². The van der Waals surface area contributed by atoms with Gasteiger partial charge < -0.3 is 4.74 Å². The van der Waals surface area contributed by atoms with Gasteiger partial charge in [-0.1, -0.05) is 42.5 Å². The molecule has 4 nitrogen and oxygen atoms in total. The van der Waals surface area contributed by atoms with E-state index in [2.05, 4.69) is 0 Å². The summed E-state index contributed by atoms with van der Waals surface area (Å²) in [5, 5.41) is 0. The second kappa shape index (κ2) is 5.52. The number of ether oxygens (including phenoxy) is 1. The molecule has 1 aliphatic heterocycles. The van der Waals surface area contributed by atoms with Crippen LogP contribution in [0, 0.1) is 11.7 Å². The SMILES string of the molecule is O=C1OC(c2ccc(F)cc2)C(C(=O)c2ccccc2)C1=O. The van der Waals surface area contributed by atoms with Gasteiger partial charge in [-0.05, 0) is 17.7 Å². The number of rotatable bonds is 3. The second-order valence-electron chi connectivity index (χ2n) is 4.95. The lowest BCUT2D eigenvalue weighted by Crippen LogP contribution is -2.26. The molecule has 2 aromatic carbocycles. The van der Waals surface area contributed by atoms with Crippen LogP contribution in [0.3, 0.4) is 0 Å². The Labute approximate surface area is 125 Å². The van der Waals surface area contributed by atoms with Gasteiger partial charge in [-0.3, -0.25) is 9.59 Å². The molecule has 0 spiro atoms. The highest BCUT2D eigenvalue weighted by Gasteiger charge is 2.48. The van der Waals surface area contributed by atoms with Crippen molar-refractivity contribution in [1.82, 2.24) is 0 Å². The Morgan fingerprint density at radius 2 is 1.59 bits per heavy atom. The molecule has 1 saturated heterocycles. The first kappa shape index (κ1) is 14.1. The monoisotopic (exact) mass is 298 g/mol. The first-order valence-electron chi connectivity index (χ1n) is 6.67. The Morgan fingerprint density at radius 3 is 2.23 bits per heavy atom. The number of carbonyl (C=O) groups excluding carboxylic acids is 3. The number of cyclic esters (lactones) is 1. The molecule has 1 heterocycles. The Hall–Kier alpha value is -2.82. The Bertz CT molecular complexity index is 737. The molecule has 0 saturated carbocycles. The van der Waals surface area contributed by atoms with Gasteiger partial charge in [0.1, 0.15) is 17.8 Å². The maximum atomic E-state index is 13.0. The molecule has 0 radical (unpaired) electrons. The topological polar surface area (TPSA) is 60.4 Å². The third-order valence-electron chi connectivity index (χ3n) is 3.56. The van der Waals surface area contributed by atoms with Gasteiger partial charge in [-0.25, -0.2) is 9.18 Å². The number of halogens is 1. The summed E-state index contributed by atoms with van der Waals surface area (Å²) in [6.07, 6.45) is -1.02. The lowest BCUT2D eigenvalue weighted by atomic mass is 9.87. The molecule has 22 heavy (non-hydrogen) atoms. The quantitative estimate of drug-likeness (QED) is 0.378. The molecule has 3 rings (SSSR count). The summed E-state index contributed by atoms with van der Waals surface area (Å²) >= 11 is 0. The van der Waals surface area contributed by atoms with E-state index in [0.717, 1.165) is 0 Å². The van der Waals surface area contributed by atoms with Gasteiger partial charge in [0.15, 0.2) is 5.78 Å². The summed E-state index contributed by atoms with van der Waals surface area (Å²) in [5.41, 5.74) is 0.737. The molecule has 2 aromatic rings. The van der Waals surface area contributed by atoms with E-state index in [1.807, 2.05) is 0 Å². The van der Waals surface area contributed by atoms with Crippen LogP contribution in [-0.4, -0.2) is 17.5 Å². The van der Waals surface area contributed by atoms with Crippen molar-refractivity contribution < 1.29 is 23.5 Å². The van der Waals surface area contributed by atoms with Crippen LogP contribution in [0.25, 0.3) is 0 Å². The number of hydrogen-bond donors (Lipinski definition) is 0. The first-order valence-corrected chi connectivity index (χ1v) is 6.67. The lowest BCUT2D eigenvalue weighted by molar-refractivity contribution is -0.149. The summed E-state index contributed by atoms with van der Waals surface area (Å²) in [4.78, 5) is 36.1. The first-order chi connectivity index (χ1) is 10.6. The van der Waals surface area contributed by atoms with E-state index < -0.39 is 35.4 Å². The van der Waals surface area contributed by atoms with Crippen molar-refractivity contribution in [1.29, 1.82) is 0 Å². The molecule has 0 amide bonds. The van der Waals surface area contributed by atoms with Gasteiger partial charge in [0.2, 0.25) is 0 Å². The standard InChI is InChI=1S/C17H11FO4/c18-12-8-6-11(7-9-12)16-13(15(20)17(21)22-16)14(19)10-4-2-1-3-5-10/h1-9,13,16H. The highest BCUT2D eigenvalue weighted by Crippen LogP contribution is 2.35. The summed E-state index contributed by atoms with van der Waals surface area (Å²) in [6.45, 7) is 0. The highest BCUT2D eigenvalue weighted by molar-refractivity contribution is 6.41. The molecule has 0 N–H and O–H groups in total. The van der Waals surface area contributed by atoms with Crippen molar-refractivity contribution in [3.8, 4) is 0 Å². The van der Waals surface area contributed by atoms with Gasteiger partial charge in [-0.2, -0.15) is 0 Å². The normalized spacial score (nSPS) is 20.8. The molecule has 5 heteroatoms. The second-order valence-corrected chi connectivity index (χ2v) is 4.95. The third kappa shape index (κ3) is 2.41. The minimum Gasteiger partial charge on any atom is -0.450 e. The van der Waals surface area contributed by atoms with Crippen LogP contribution >= 0.6 is 0 Å². The molecule has 0 aliphatic carbocycles. The van der Waals surface area contributed by atoms with Crippen LogP contribution in [0.1, 0.15) is 22.0 Å². The zero-order valence-electron chi connectivity index (χ0n) is 11.4. The van der Waals surface area contributed by atoms with Crippen molar-refractivity contribution in [3.05, 3.63) is 71.5 Å². The molecule has 110 valence electrons. The lowest BCUT2D eigenvalue weighted by Gasteiger charge is -2.15. The van der Waals surface area contributed by atoms with Gasteiger partial charge in [-0.15, -0.1) is 0 Å². The molecule has 2 unspecified atom stereocenters. The van der Waals surface area contributed by atoms with Gasteiger partial charge >= 0.3 is 5.97 Å². The predicted molar refractivity (Wildman–Crippen MR) is 74.5 cm³/mol. The molecular formula is C17H11FO4. The fourth-order valence-corrected chi connectivity index (χ4v) is 2.46. The summed E-state index contributed by atoms with van der Waals surface area (Å²) in [6, 6.07) is 13.4. The summed E-state index contributed by atoms with van der Waals surface area (Å²) in [5.74, 6) is -4.08. The van der Waals surface area contributed by atoms with Crippen LogP contribution in [0.15, 0.2) is 54.6 Å². The van der Waals surface area contributed by atoms with E-state index in [-0.39, 0.29) is 0 Å². The smallest absolute Gasteiger partial charge is 0.376 e. The zero-order chi connectivity index (χ0) is 15.7. The van der Waals surface area contributed by atoms with E-state index in [1.54, 1.807) is 30.3 Å². The number of hydrogen-bond acceptors (Lipinski definition) is 4. The van der Waals surface area contributed by atoms with E-state index >= 15 is 0 Å². The summed E-state index contributed by atoms with van der Waals surface area (Å²) < 4.78 is 18.0. The van der Waals surface area contributed by atoms with Gasteiger partial charge in [0.25, 0.3) is 5.78 Å². The van der Waals surface area contributed by atoms with E-state index in [0.29, 0.717) is 11.1 Å². The maximum absolute atomic E-state index is 13.0. The molecule has 1 fully saturated rings. The Kier molecular flexibility index (Phi) is 3.55. The zero-order valence-corrected chi connectivity index (χ0v) is 11.4. The number of carbonyl (C=O) groups is 3.